The second-order valence-electron chi connectivity index (χ2n) is 5.36. The minimum Gasteiger partial charge on any atom is -0.210 e. The average Bonchev–Trinajstić information content (AvgIpc) is 2.84. The molecule has 3 nitrogen and oxygen atoms in total. The quantitative estimate of drug-likeness (QED) is 0.673. The van der Waals surface area contributed by atoms with Gasteiger partial charge in [-0.05, 0) is 30.4 Å². The van der Waals surface area contributed by atoms with Gasteiger partial charge in [-0.3, -0.25) is 0 Å². The number of hydrogen-bond donors (Lipinski definition) is 1. The number of sulfonamides is 1. The SMILES string of the molecule is O=S(=O)(NCC1(CCl)CCCC1)c1c(Cl)cc(Br)cc1Cl. The molecule has 2 rings (SSSR count). The van der Waals surface area contributed by atoms with E-state index in [-0.39, 0.29) is 20.4 Å². The van der Waals surface area contributed by atoms with Crippen molar-refractivity contribution in [1.82, 2.24) is 4.72 Å². The summed E-state index contributed by atoms with van der Waals surface area (Å²) in [6.45, 7) is 0.307. The summed E-state index contributed by atoms with van der Waals surface area (Å²) in [5.74, 6) is 0.442. The second-order valence-corrected chi connectivity index (χ2v) is 9.06. The van der Waals surface area contributed by atoms with Crippen molar-refractivity contribution in [3.63, 3.8) is 0 Å². The van der Waals surface area contributed by atoms with Gasteiger partial charge in [-0.2, -0.15) is 0 Å². The van der Waals surface area contributed by atoms with Gasteiger partial charge >= 0.3 is 0 Å². The Kier molecular flexibility index (Phi) is 5.89. The predicted octanol–water partition coefficient (Wildman–Crippen LogP) is 4.83. The van der Waals surface area contributed by atoms with E-state index in [4.69, 9.17) is 34.8 Å². The first-order valence-corrected chi connectivity index (χ1v) is 10.1. The van der Waals surface area contributed by atoms with E-state index in [1.54, 1.807) is 0 Å². The van der Waals surface area contributed by atoms with Gasteiger partial charge in [0.05, 0.1) is 10.0 Å². The van der Waals surface area contributed by atoms with Gasteiger partial charge < -0.3 is 0 Å². The van der Waals surface area contributed by atoms with Crippen LogP contribution in [0.3, 0.4) is 0 Å². The van der Waals surface area contributed by atoms with Crippen molar-refractivity contribution in [3.8, 4) is 0 Å². The van der Waals surface area contributed by atoms with Crippen molar-refractivity contribution in [2.24, 2.45) is 5.41 Å². The van der Waals surface area contributed by atoms with Gasteiger partial charge in [0.2, 0.25) is 10.0 Å². The van der Waals surface area contributed by atoms with Crippen LogP contribution in [-0.4, -0.2) is 20.8 Å². The van der Waals surface area contributed by atoms with Crippen LogP contribution >= 0.6 is 50.7 Å². The molecule has 8 heteroatoms. The third-order valence-corrected chi connectivity index (χ3v) is 7.16. The lowest BCUT2D eigenvalue weighted by atomic mass is 9.89. The van der Waals surface area contributed by atoms with E-state index in [2.05, 4.69) is 20.7 Å². The maximum atomic E-state index is 12.5. The molecule has 0 saturated heterocycles. The molecule has 118 valence electrons. The molecule has 0 unspecified atom stereocenters. The van der Waals surface area contributed by atoms with Gasteiger partial charge in [0.1, 0.15) is 4.90 Å². The van der Waals surface area contributed by atoms with E-state index in [1.165, 1.54) is 12.1 Å². The Morgan fingerprint density at radius 2 is 1.71 bits per heavy atom. The monoisotopic (exact) mass is 433 g/mol. The van der Waals surface area contributed by atoms with Crippen LogP contribution < -0.4 is 4.72 Å². The van der Waals surface area contributed by atoms with Crippen molar-refractivity contribution in [2.75, 3.05) is 12.4 Å². The third-order valence-electron chi connectivity index (χ3n) is 3.82. The van der Waals surface area contributed by atoms with Crippen molar-refractivity contribution in [3.05, 3.63) is 26.7 Å². The van der Waals surface area contributed by atoms with Gasteiger partial charge in [-0.25, -0.2) is 13.1 Å². The van der Waals surface area contributed by atoms with Crippen molar-refractivity contribution < 1.29 is 8.42 Å². The molecule has 1 aliphatic carbocycles. The van der Waals surface area contributed by atoms with Crippen LogP contribution in [-0.2, 0) is 10.0 Å². The maximum Gasteiger partial charge on any atom is 0.243 e. The Balaban J connectivity index is 2.23. The highest BCUT2D eigenvalue weighted by atomic mass is 79.9. The van der Waals surface area contributed by atoms with Crippen LogP contribution in [0, 0.1) is 5.41 Å². The molecule has 0 bridgehead atoms. The van der Waals surface area contributed by atoms with Gasteiger partial charge in [-0.15, -0.1) is 11.6 Å². The molecule has 1 aromatic carbocycles. The first kappa shape index (κ1) is 17.8. The van der Waals surface area contributed by atoms with Gasteiger partial charge in [0, 0.05) is 16.9 Å². The van der Waals surface area contributed by atoms with E-state index in [0.29, 0.717) is 16.9 Å². The smallest absolute Gasteiger partial charge is 0.210 e. The fraction of sp³-hybridized carbons (Fsp3) is 0.538. The Morgan fingerprint density at radius 1 is 1.19 bits per heavy atom. The molecule has 1 aromatic rings. The first-order chi connectivity index (χ1) is 9.80. The van der Waals surface area contributed by atoms with E-state index < -0.39 is 10.0 Å². The second kappa shape index (κ2) is 6.93. The fourth-order valence-corrected chi connectivity index (χ4v) is 6.04. The highest BCUT2D eigenvalue weighted by Crippen LogP contribution is 2.39. The molecule has 1 N–H and O–H groups in total. The topological polar surface area (TPSA) is 46.2 Å². The Morgan fingerprint density at radius 3 is 2.19 bits per heavy atom. The zero-order valence-electron chi connectivity index (χ0n) is 11.1. The number of rotatable bonds is 5. The van der Waals surface area contributed by atoms with Crippen LogP contribution in [0.15, 0.2) is 21.5 Å². The largest absolute Gasteiger partial charge is 0.243 e. The maximum absolute atomic E-state index is 12.5. The van der Waals surface area contributed by atoms with Gasteiger partial charge in [0.25, 0.3) is 0 Å². The average molecular weight is 436 g/mol. The summed E-state index contributed by atoms with van der Waals surface area (Å²) in [7, 11) is -3.77. The van der Waals surface area contributed by atoms with Crippen molar-refractivity contribution in [1.29, 1.82) is 0 Å². The lowest BCUT2D eigenvalue weighted by Crippen LogP contribution is -2.37. The molecule has 1 fully saturated rings. The number of halogens is 4. The standard InChI is InChI=1S/C13H15BrCl3NO2S/c14-9-5-10(16)12(11(17)6-9)21(19,20)18-8-13(7-15)3-1-2-4-13/h5-6,18H,1-4,7-8H2. The van der Waals surface area contributed by atoms with E-state index in [9.17, 15) is 8.42 Å². The Labute approximate surface area is 148 Å². The van der Waals surface area contributed by atoms with Gasteiger partial charge in [-0.1, -0.05) is 52.0 Å². The lowest BCUT2D eigenvalue weighted by Gasteiger charge is -2.26. The highest BCUT2D eigenvalue weighted by molar-refractivity contribution is 9.10. The summed E-state index contributed by atoms with van der Waals surface area (Å²) in [4.78, 5) is -0.0863. The summed E-state index contributed by atoms with van der Waals surface area (Å²) < 4.78 is 28.2. The predicted molar refractivity (Wildman–Crippen MR) is 91.0 cm³/mol. The van der Waals surface area contributed by atoms with Crippen LogP contribution in [0.2, 0.25) is 10.0 Å². The van der Waals surface area contributed by atoms with Crippen LogP contribution in [0.25, 0.3) is 0 Å². The lowest BCUT2D eigenvalue weighted by molar-refractivity contribution is 0.342. The molecule has 21 heavy (non-hydrogen) atoms. The van der Waals surface area contributed by atoms with E-state index in [0.717, 1.165) is 25.7 Å². The van der Waals surface area contributed by atoms with Crippen molar-refractivity contribution in [2.45, 2.75) is 30.6 Å². The number of nitrogens with one attached hydrogen (secondary N) is 1. The van der Waals surface area contributed by atoms with Crippen LogP contribution in [0.5, 0.6) is 0 Å². The minimum atomic E-state index is -3.77. The number of benzene rings is 1. The zero-order valence-corrected chi connectivity index (χ0v) is 15.8. The molecule has 0 atom stereocenters. The molecule has 0 aliphatic heterocycles. The molecule has 0 spiro atoms. The zero-order chi connectivity index (χ0) is 15.7. The normalized spacial score (nSPS) is 18.1. The van der Waals surface area contributed by atoms with E-state index >= 15 is 0 Å². The molecule has 0 heterocycles. The Hall–Kier alpha value is 0.480. The Bertz CT molecular complexity index is 607. The molecule has 1 aliphatic rings. The summed E-state index contributed by atoms with van der Waals surface area (Å²) in [5, 5.41) is 0.182. The van der Waals surface area contributed by atoms with E-state index in [1.807, 2.05) is 0 Å². The molecule has 0 radical (unpaired) electrons. The summed E-state index contributed by atoms with van der Waals surface area (Å²) in [6, 6.07) is 3.02. The number of alkyl halides is 1. The third kappa shape index (κ3) is 4.06. The summed E-state index contributed by atoms with van der Waals surface area (Å²) in [6.07, 6.45) is 4.02. The fourth-order valence-electron chi connectivity index (χ4n) is 2.59. The first-order valence-electron chi connectivity index (χ1n) is 6.50. The van der Waals surface area contributed by atoms with Gasteiger partial charge in [0.15, 0.2) is 0 Å². The molecular weight excluding hydrogens is 420 g/mol. The summed E-state index contributed by atoms with van der Waals surface area (Å²) >= 11 is 21.3. The van der Waals surface area contributed by atoms with Crippen LogP contribution in [0.1, 0.15) is 25.7 Å². The summed E-state index contributed by atoms with van der Waals surface area (Å²) in [5.41, 5.74) is -0.164. The molecule has 0 aromatic heterocycles. The van der Waals surface area contributed by atoms with Crippen LogP contribution in [0.4, 0.5) is 0 Å². The number of hydrogen-bond acceptors (Lipinski definition) is 2. The van der Waals surface area contributed by atoms with Crippen molar-refractivity contribution >= 4 is 60.8 Å². The molecular formula is C13H15BrCl3NO2S. The highest BCUT2D eigenvalue weighted by Gasteiger charge is 2.35. The molecule has 0 amide bonds. The molecule has 1 saturated carbocycles. The minimum absolute atomic E-state index is 0.0863.